The van der Waals surface area contributed by atoms with Crippen LogP contribution in [0.4, 0.5) is 8.78 Å². The number of carboxylic acids is 1. The minimum Gasteiger partial charge on any atom is -0.480 e. The number of nitrogens with zero attached hydrogens (tertiary/aromatic N) is 1. The number of carbonyl (C=O) groups is 2. The van der Waals surface area contributed by atoms with E-state index in [1.165, 1.54) is 6.07 Å². The van der Waals surface area contributed by atoms with Gasteiger partial charge in [0.1, 0.15) is 6.04 Å². The lowest BCUT2D eigenvalue weighted by Gasteiger charge is -2.15. The molecule has 116 valence electrons. The highest BCUT2D eigenvalue weighted by Gasteiger charge is 2.25. The largest absolute Gasteiger partial charge is 0.480 e. The average Bonchev–Trinajstić information content (AvgIpc) is 2.44. The number of nitrogens with one attached hydrogen (secondary N) is 1. The van der Waals surface area contributed by atoms with Crippen LogP contribution < -0.4 is 5.32 Å². The SMILES string of the molecule is Cc1cc(C(=O)NC(CC(F)F)C(=O)O)c2ccccc2n1. The molecule has 1 aromatic heterocycles. The van der Waals surface area contributed by atoms with Gasteiger partial charge in [-0.05, 0) is 19.1 Å². The van der Waals surface area contributed by atoms with Gasteiger partial charge in [-0.1, -0.05) is 18.2 Å². The van der Waals surface area contributed by atoms with E-state index in [0.717, 1.165) is 0 Å². The number of halogens is 2. The number of carbonyl (C=O) groups excluding carboxylic acids is 1. The van der Waals surface area contributed by atoms with Crippen LogP contribution in [0.15, 0.2) is 30.3 Å². The number of aliphatic carboxylic acids is 1. The van der Waals surface area contributed by atoms with Crippen molar-refractivity contribution in [2.75, 3.05) is 0 Å². The molecule has 1 heterocycles. The minimum absolute atomic E-state index is 0.212. The summed E-state index contributed by atoms with van der Waals surface area (Å²) in [4.78, 5) is 27.5. The molecule has 1 aromatic carbocycles. The smallest absolute Gasteiger partial charge is 0.326 e. The first-order valence-corrected chi connectivity index (χ1v) is 6.56. The summed E-state index contributed by atoms with van der Waals surface area (Å²) in [5, 5.41) is 11.6. The molecule has 2 rings (SSSR count). The second kappa shape index (κ2) is 6.46. The van der Waals surface area contributed by atoms with Crippen LogP contribution in [0.25, 0.3) is 10.9 Å². The normalized spacial score (nSPS) is 12.4. The maximum atomic E-state index is 12.4. The van der Waals surface area contributed by atoms with Gasteiger partial charge in [0.15, 0.2) is 0 Å². The van der Waals surface area contributed by atoms with Crippen molar-refractivity contribution in [2.45, 2.75) is 25.8 Å². The number of hydrogen-bond donors (Lipinski definition) is 2. The van der Waals surface area contributed by atoms with Crippen molar-refractivity contribution in [1.29, 1.82) is 0 Å². The molecule has 0 radical (unpaired) electrons. The topological polar surface area (TPSA) is 79.3 Å². The molecular formula is C15H14F2N2O3. The Bertz CT molecular complexity index is 719. The van der Waals surface area contributed by atoms with Crippen molar-refractivity contribution < 1.29 is 23.5 Å². The molecule has 0 aliphatic heterocycles. The fourth-order valence-corrected chi connectivity index (χ4v) is 2.13. The molecule has 0 aliphatic carbocycles. The number of hydrogen-bond acceptors (Lipinski definition) is 3. The first kappa shape index (κ1) is 15.8. The van der Waals surface area contributed by atoms with E-state index in [4.69, 9.17) is 5.11 Å². The molecule has 2 aromatic rings. The number of rotatable bonds is 5. The fraction of sp³-hybridized carbons (Fsp3) is 0.267. The molecule has 0 saturated heterocycles. The van der Waals surface area contributed by atoms with Gasteiger partial charge < -0.3 is 10.4 Å². The van der Waals surface area contributed by atoms with Crippen molar-refractivity contribution in [3.8, 4) is 0 Å². The van der Waals surface area contributed by atoms with Crippen LogP contribution in [0.1, 0.15) is 22.5 Å². The van der Waals surface area contributed by atoms with E-state index in [0.29, 0.717) is 16.6 Å². The van der Waals surface area contributed by atoms with Crippen molar-refractivity contribution >= 4 is 22.8 Å². The van der Waals surface area contributed by atoms with Gasteiger partial charge in [-0.15, -0.1) is 0 Å². The summed E-state index contributed by atoms with van der Waals surface area (Å²) in [6.45, 7) is 1.69. The van der Waals surface area contributed by atoms with E-state index in [1.807, 2.05) is 0 Å². The van der Waals surface area contributed by atoms with E-state index in [2.05, 4.69) is 10.3 Å². The molecule has 0 aliphatic rings. The number of para-hydroxylation sites is 1. The first-order chi connectivity index (χ1) is 10.4. The Morgan fingerprint density at radius 3 is 2.64 bits per heavy atom. The quantitative estimate of drug-likeness (QED) is 0.889. The summed E-state index contributed by atoms with van der Waals surface area (Å²) in [7, 11) is 0. The molecule has 0 saturated carbocycles. The number of fused-ring (bicyclic) bond motifs is 1. The van der Waals surface area contributed by atoms with Crippen molar-refractivity contribution in [1.82, 2.24) is 10.3 Å². The molecule has 0 fully saturated rings. The molecule has 1 unspecified atom stereocenters. The van der Waals surface area contributed by atoms with Crippen LogP contribution in [0.2, 0.25) is 0 Å². The van der Waals surface area contributed by atoms with Gasteiger partial charge in [-0.3, -0.25) is 9.78 Å². The molecule has 22 heavy (non-hydrogen) atoms. The van der Waals surface area contributed by atoms with Crippen molar-refractivity contribution in [3.05, 3.63) is 41.6 Å². The van der Waals surface area contributed by atoms with Crippen molar-refractivity contribution in [3.63, 3.8) is 0 Å². The van der Waals surface area contributed by atoms with Crippen LogP contribution in [0.3, 0.4) is 0 Å². The van der Waals surface area contributed by atoms with Crippen LogP contribution in [0, 0.1) is 6.92 Å². The predicted octanol–water partition coefficient (Wildman–Crippen LogP) is 2.38. The van der Waals surface area contributed by atoms with E-state index in [9.17, 15) is 18.4 Å². The fourth-order valence-electron chi connectivity index (χ4n) is 2.13. The second-order valence-electron chi connectivity index (χ2n) is 4.82. The highest BCUT2D eigenvalue weighted by atomic mass is 19.3. The van der Waals surface area contributed by atoms with Crippen molar-refractivity contribution in [2.24, 2.45) is 0 Å². The van der Waals surface area contributed by atoms with Crippen LogP contribution in [0.5, 0.6) is 0 Å². The van der Waals surface area contributed by atoms with Crippen LogP contribution in [-0.2, 0) is 4.79 Å². The van der Waals surface area contributed by atoms with Gasteiger partial charge in [0, 0.05) is 17.5 Å². The summed E-state index contributed by atoms with van der Waals surface area (Å²) in [5.41, 5.74) is 1.36. The predicted molar refractivity (Wildman–Crippen MR) is 76.0 cm³/mol. The molecule has 1 amide bonds. The monoisotopic (exact) mass is 308 g/mol. The Balaban J connectivity index is 2.35. The lowest BCUT2D eigenvalue weighted by Crippen LogP contribution is -2.42. The summed E-state index contributed by atoms with van der Waals surface area (Å²) < 4.78 is 24.8. The third-order valence-corrected chi connectivity index (χ3v) is 3.11. The average molecular weight is 308 g/mol. The maximum absolute atomic E-state index is 12.4. The number of carboxylic acid groups (broad SMARTS) is 1. The van der Waals surface area contributed by atoms with E-state index >= 15 is 0 Å². The number of aryl methyl sites for hydroxylation is 1. The molecule has 7 heteroatoms. The molecule has 1 atom stereocenters. The number of aromatic nitrogens is 1. The van der Waals surface area contributed by atoms with E-state index in [-0.39, 0.29) is 5.56 Å². The molecule has 5 nitrogen and oxygen atoms in total. The van der Waals surface area contributed by atoms with Gasteiger partial charge in [-0.25, -0.2) is 13.6 Å². The standard InChI is InChI=1S/C15H14F2N2O3/c1-8-6-10(9-4-2-3-5-11(9)18-8)14(20)19-12(15(21)22)7-13(16)17/h2-6,12-13H,7H2,1H3,(H,19,20)(H,21,22). The lowest BCUT2D eigenvalue weighted by atomic mass is 10.1. The van der Waals surface area contributed by atoms with E-state index in [1.54, 1.807) is 31.2 Å². The Hall–Kier alpha value is -2.57. The van der Waals surface area contributed by atoms with Crippen LogP contribution >= 0.6 is 0 Å². The minimum atomic E-state index is -2.82. The Morgan fingerprint density at radius 1 is 1.32 bits per heavy atom. The third-order valence-electron chi connectivity index (χ3n) is 3.11. The second-order valence-corrected chi connectivity index (χ2v) is 4.82. The zero-order valence-corrected chi connectivity index (χ0v) is 11.7. The summed E-state index contributed by atoms with van der Waals surface area (Å²) in [5.74, 6) is -2.21. The zero-order chi connectivity index (χ0) is 16.3. The molecule has 0 bridgehead atoms. The first-order valence-electron chi connectivity index (χ1n) is 6.56. The van der Waals surface area contributed by atoms with Gasteiger partial charge in [0.25, 0.3) is 5.91 Å². The van der Waals surface area contributed by atoms with Gasteiger partial charge in [0.05, 0.1) is 11.1 Å². The molecule has 2 N–H and O–H groups in total. The summed E-state index contributed by atoms with van der Waals surface area (Å²) >= 11 is 0. The van der Waals surface area contributed by atoms with Gasteiger partial charge in [0.2, 0.25) is 6.43 Å². The number of pyridine rings is 1. The van der Waals surface area contributed by atoms with Gasteiger partial charge in [-0.2, -0.15) is 0 Å². The Morgan fingerprint density at radius 2 is 2.00 bits per heavy atom. The number of amides is 1. The highest BCUT2D eigenvalue weighted by molar-refractivity contribution is 6.07. The van der Waals surface area contributed by atoms with Crippen LogP contribution in [-0.4, -0.2) is 34.4 Å². The molecular weight excluding hydrogens is 294 g/mol. The lowest BCUT2D eigenvalue weighted by molar-refractivity contribution is -0.140. The number of benzene rings is 1. The van der Waals surface area contributed by atoms with E-state index < -0.39 is 30.8 Å². The summed E-state index contributed by atoms with van der Waals surface area (Å²) in [6, 6.07) is 6.71. The van der Waals surface area contributed by atoms with Gasteiger partial charge >= 0.3 is 5.97 Å². The maximum Gasteiger partial charge on any atom is 0.326 e. The number of alkyl halides is 2. The highest BCUT2D eigenvalue weighted by Crippen LogP contribution is 2.18. The Labute approximate surface area is 125 Å². The Kier molecular flexibility index (Phi) is 4.65. The summed E-state index contributed by atoms with van der Waals surface area (Å²) in [6.07, 6.45) is -3.76. The zero-order valence-electron chi connectivity index (χ0n) is 11.7. The molecule has 0 spiro atoms. The third kappa shape index (κ3) is 3.55.